The summed E-state index contributed by atoms with van der Waals surface area (Å²) in [6.07, 6.45) is 0.625. The molecule has 0 fully saturated rings. The van der Waals surface area contributed by atoms with Crippen molar-refractivity contribution in [3.8, 4) is 0 Å². The van der Waals surface area contributed by atoms with E-state index in [1.165, 1.54) is 0 Å². The van der Waals surface area contributed by atoms with E-state index in [-0.39, 0.29) is 24.8 Å². The van der Waals surface area contributed by atoms with E-state index < -0.39 is 0 Å². The molecule has 0 aliphatic heterocycles. The van der Waals surface area contributed by atoms with Crippen molar-refractivity contribution in [3.63, 3.8) is 0 Å². The minimum absolute atomic E-state index is 0. The quantitative estimate of drug-likeness (QED) is 0.302. The van der Waals surface area contributed by atoms with E-state index >= 15 is 0 Å². The Morgan fingerprint density at radius 1 is 1.50 bits per heavy atom. The van der Waals surface area contributed by atoms with Gasteiger partial charge in [-0.05, 0) is 0 Å². The molecular formula is CH2Cl2NOTi. The van der Waals surface area contributed by atoms with Gasteiger partial charge in [0.25, 0.3) is 0 Å². The minimum atomic E-state index is 0. The van der Waals surface area contributed by atoms with Crippen molar-refractivity contribution in [2.24, 2.45) is 0 Å². The van der Waals surface area contributed by atoms with Crippen molar-refractivity contribution in [3.05, 3.63) is 0 Å². The van der Waals surface area contributed by atoms with Crippen LogP contribution in [0.25, 0.3) is 0 Å². The predicted octanol–water partition coefficient (Wildman–Crippen LogP) is -6.80. The summed E-state index contributed by atoms with van der Waals surface area (Å²) >= 11 is 1.56. The third-order valence-corrected chi connectivity index (χ3v) is 0.243. The molecule has 2 nitrogen and oxygen atoms in total. The van der Waals surface area contributed by atoms with Crippen LogP contribution < -0.4 is 28.6 Å². The maximum atomic E-state index is 9.06. The van der Waals surface area contributed by atoms with Crippen LogP contribution in [0.5, 0.6) is 0 Å². The zero-order valence-corrected chi connectivity index (χ0v) is 5.81. The minimum Gasteiger partial charge on any atom is -1.00 e. The molecule has 5 heteroatoms. The summed E-state index contributed by atoms with van der Waals surface area (Å²) in [5, 5.41) is 0. The molecule has 0 heterocycles. The molecule has 1 N–H and O–H groups in total. The second-order valence-corrected chi connectivity index (χ2v) is 0.713. The molecule has 0 saturated heterocycles. The van der Waals surface area contributed by atoms with E-state index in [0.29, 0.717) is 6.41 Å². The number of hydrogen-bond acceptors (Lipinski definition) is 1. The van der Waals surface area contributed by atoms with Crippen molar-refractivity contribution in [2.45, 2.75) is 0 Å². The van der Waals surface area contributed by atoms with Crippen molar-refractivity contribution in [1.82, 2.24) is 3.80 Å². The smallest absolute Gasteiger partial charge is 1.00 e. The number of carbonyl (C=O) groups is 1. The number of carbonyl (C=O) groups excluding carboxylic acids is 1. The van der Waals surface area contributed by atoms with Crippen LogP contribution in [0.4, 0.5) is 0 Å². The van der Waals surface area contributed by atoms with Crippen LogP contribution in [0.2, 0.25) is 0 Å². The second-order valence-electron chi connectivity index (χ2n) is 0.262. The first-order valence-electron chi connectivity index (χ1n) is 0.774. The molecule has 35 valence electrons. The van der Waals surface area contributed by atoms with Gasteiger partial charge in [-0.15, -0.1) is 0 Å². The van der Waals surface area contributed by atoms with E-state index in [0.717, 1.165) is 0 Å². The van der Waals surface area contributed by atoms with Crippen LogP contribution in [-0.4, -0.2) is 6.41 Å². The van der Waals surface area contributed by atoms with Gasteiger partial charge in [0, 0.05) is 0 Å². The van der Waals surface area contributed by atoms with Crippen LogP contribution in [0.1, 0.15) is 0 Å². The average Bonchev–Trinajstić information content (AvgIpc) is 1.37. The maximum absolute atomic E-state index is 9.06. The van der Waals surface area contributed by atoms with Gasteiger partial charge in [0.05, 0.1) is 0 Å². The second kappa shape index (κ2) is 17.1. The van der Waals surface area contributed by atoms with Crippen LogP contribution in [0, 0.1) is 0 Å². The molecule has 0 atom stereocenters. The fraction of sp³-hybridized carbons (Fsp3) is 0. The number of nitrogens with one attached hydrogen (secondary N) is 1. The van der Waals surface area contributed by atoms with Crippen molar-refractivity contribution < 1.29 is 50.3 Å². The van der Waals surface area contributed by atoms with Crippen LogP contribution in [0.3, 0.4) is 0 Å². The summed E-state index contributed by atoms with van der Waals surface area (Å²) in [5.41, 5.74) is 0. The van der Waals surface area contributed by atoms with Gasteiger partial charge in [-0.3, -0.25) is 0 Å². The van der Waals surface area contributed by atoms with E-state index in [4.69, 9.17) is 4.79 Å². The molecule has 0 aromatic carbocycles. The Bertz CT molecular complexity index is 27.5. The Kier molecular flexibility index (Phi) is 45.3. The fourth-order valence-electron chi connectivity index (χ4n) is 0. The number of halogens is 2. The molecule has 0 aromatic rings. The van der Waals surface area contributed by atoms with Gasteiger partial charge in [0.1, 0.15) is 0 Å². The van der Waals surface area contributed by atoms with Crippen molar-refractivity contribution in [2.75, 3.05) is 0 Å². The topological polar surface area (TPSA) is 29.1 Å². The molecule has 0 spiro atoms. The molecule has 0 saturated carbocycles. The van der Waals surface area contributed by atoms with Crippen molar-refractivity contribution in [1.29, 1.82) is 0 Å². The first-order valence-corrected chi connectivity index (χ1v) is 1.56. The zero-order chi connectivity index (χ0) is 3.41. The maximum Gasteiger partial charge on any atom is -1.00 e. The van der Waals surface area contributed by atoms with Crippen LogP contribution in [-0.2, 0) is 25.5 Å². The van der Waals surface area contributed by atoms with E-state index in [1.54, 1.807) is 20.7 Å². The monoisotopic (exact) mass is 162 g/mol. The number of hydrogen-bond donors (Lipinski definition) is 1. The van der Waals surface area contributed by atoms with Gasteiger partial charge in [-0.25, -0.2) is 0 Å². The Hall–Kier alpha value is 0.764. The molecule has 0 radical (unpaired) electrons. The SMILES string of the molecule is O=C[NH][Ti+2].[Cl-].[Cl-]. The molecule has 0 aliphatic carbocycles. The molecule has 0 unspecified atom stereocenters. The molecule has 0 bridgehead atoms. The summed E-state index contributed by atoms with van der Waals surface area (Å²) in [6.45, 7) is 0. The summed E-state index contributed by atoms with van der Waals surface area (Å²) in [7, 11) is 0. The molecule has 1 amide bonds. The first kappa shape index (κ1) is 15.9. The summed E-state index contributed by atoms with van der Waals surface area (Å²) in [5.74, 6) is 0. The summed E-state index contributed by atoms with van der Waals surface area (Å²) in [4.78, 5) is 9.06. The van der Waals surface area contributed by atoms with Gasteiger partial charge in [-0.1, -0.05) is 0 Å². The Balaban J connectivity index is -0.0000000450. The third-order valence-electron chi connectivity index (χ3n) is 0.0589. The van der Waals surface area contributed by atoms with Crippen LogP contribution in [0.15, 0.2) is 0 Å². The Morgan fingerprint density at radius 3 is 1.67 bits per heavy atom. The summed E-state index contributed by atoms with van der Waals surface area (Å²) < 4.78 is 2.25. The van der Waals surface area contributed by atoms with Crippen molar-refractivity contribution >= 4 is 6.41 Å². The molecule has 0 aliphatic rings. The van der Waals surface area contributed by atoms with Crippen LogP contribution >= 0.6 is 0 Å². The standard InChI is InChI=1S/CH3NO.2ClH.Ti/c2-1-3;;;/h1H,(H2,2,3);2*1H;/q;;;+3/p-3. The zero-order valence-electron chi connectivity index (χ0n) is 2.74. The Morgan fingerprint density at radius 2 is 1.67 bits per heavy atom. The molecule has 0 rings (SSSR count). The Labute approximate surface area is 60.6 Å². The van der Waals surface area contributed by atoms with E-state index in [1.807, 2.05) is 0 Å². The molecular weight excluding hydrogens is 161 g/mol. The fourth-order valence-corrected chi connectivity index (χ4v) is 0. The molecule has 0 aromatic heterocycles. The van der Waals surface area contributed by atoms with E-state index in [2.05, 4.69) is 3.80 Å². The third kappa shape index (κ3) is 21.7. The average molecular weight is 163 g/mol. The number of amides is 1. The predicted molar refractivity (Wildman–Crippen MR) is 9.20 cm³/mol. The number of rotatable bonds is 1. The van der Waals surface area contributed by atoms with Gasteiger partial charge < -0.3 is 24.8 Å². The first-order chi connectivity index (χ1) is 1.91. The normalized spacial score (nSPS) is 3.67. The van der Waals surface area contributed by atoms with Gasteiger partial charge in [-0.2, -0.15) is 0 Å². The molecule has 6 heavy (non-hydrogen) atoms. The van der Waals surface area contributed by atoms with Gasteiger partial charge >= 0.3 is 35.7 Å². The van der Waals surface area contributed by atoms with Gasteiger partial charge in [0.15, 0.2) is 0 Å². The largest absolute Gasteiger partial charge is 1.00 e. The summed E-state index contributed by atoms with van der Waals surface area (Å²) in [6, 6.07) is 0. The van der Waals surface area contributed by atoms with Gasteiger partial charge in [0.2, 0.25) is 0 Å². The van der Waals surface area contributed by atoms with E-state index in [9.17, 15) is 0 Å².